The van der Waals surface area contributed by atoms with Gasteiger partial charge in [-0.3, -0.25) is 0 Å². The fourth-order valence-corrected chi connectivity index (χ4v) is 2.22. The van der Waals surface area contributed by atoms with Crippen LogP contribution in [0, 0.1) is 0 Å². The van der Waals surface area contributed by atoms with Crippen LogP contribution in [0.1, 0.15) is 51.9 Å². The van der Waals surface area contributed by atoms with Crippen molar-refractivity contribution in [1.82, 2.24) is 10.6 Å². The lowest BCUT2D eigenvalue weighted by molar-refractivity contribution is 0.0940. The number of carbonyl (C=O) groups is 1. The van der Waals surface area contributed by atoms with E-state index in [4.69, 9.17) is 4.74 Å². The fourth-order valence-electron chi connectivity index (χ4n) is 2.22. The zero-order chi connectivity index (χ0) is 13.9. The molecule has 0 heterocycles. The third-order valence-electron chi connectivity index (χ3n) is 3.44. The number of carbonyl (C=O) groups excluding carboxylic acids is 1. The Hall–Kier alpha value is -0.810. The van der Waals surface area contributed by atoms with E-state index in [-0.39, 0.29) is 12.1 Å². The number of amides is 2. The van der Waals surface area contributed by atoms with E-state index in [1.165, 1.54) is 0 Å². The first kappa shape index (κ1) is 16.2. The van der Waals surface area contributed by atoms with Crippen molar-refractivity contribution in [3.05, 3.63) is 0 Å². The van der Waals surface area contributed by atoms with Crippen LogP contribution in [0.2, 0.25) is 0 Å². The van der Waals surface area contributed by atoms with Gasteiger partial charge in [-0.2, -0.15) is 0 Å². The summed E-state index contributed by atoms with van der Waals surface area (Å²) in [5.41, 5.74) is 0. The lowest BCUT2D eigenvalue weighted by Crippen LogP contribution is -2.49. The largest absolute Gasteiger partial charge is 0.391 e. The van der Waals surface area contributed by atoms with Crippen molar-refractivity contribution in [1.29, 1.82) is 0 Å². The van der Waals surface area contributed by atoms with Crippen LogP contribution in [0.4, 0.5) is 4.79 Å². The molecule has 0 radical (unpaired) electrons. The van der Waals surface area contributed by atoms with E-state index in [1.54, 1.807) is 0 Å². The highest BCUT2D eigenvalue weighted by molar-refractivity contribution is 5.74. The normalized spacial score (nSPS) is 23.1. The maximum atomic E-state index is 11.6. The molecule has 0 saturated heterocycles. The molecule has 1 saturated carbocycles. The van der Waals surface area contributed by atoms with E-state index in [0.29, 0.717) is 13.2 Å². The molecule has 0 bridgehead atoms. The van der Waals surface area contributed by atoms with E-state index in [2.05, 4.69) is 17.6 Å². The smallest absolute Gasteiger partial charge is 0.315 e. The molecule has 0 aromatic carbocycles. The molecule has 2 unspecified atom stereocenters. The first-order chi connectivity index (χ1) is 9.24. The van der Waals surface area contributed by atoms with Crippen LogP contribution in [-0.4, -0.2) is 43.0 Å². The molecule has 1 rings (SSSR count). The van der Waals surface area contributed by atoms with Gasteiger partial charge in [-0.1, -0.05) is 26.2 Å². The van der Waals surface area contributed by atoms with E-state index in [0.717, 1.165) is 51.6 Å². The minimum absolute atomic E-state index is 0.0884. The summed E-state index contributed by atoms with van der Waals surface area (Å²) in [6.07, 6.45) is 6.45. The summed E-state index contributed by atoms with van der Waals surface area (Å²) in [5.74, 6) is 0. The number of nitrogens with one attached hydrogen (secondary N) is 2. The number of hydrogen-bond acceptors (Lipinski definition) is 3. The lowest BCUT2D eigenvalue weighted by atomic mass is 9.93. The van der Waals surface area contributed by atoms with Crippen LogP contribution in [-0.2, 0) is 4.74 Å². The summed E-state index contributed by atoms with van der Waals surface area (Å²) in [7, 11) is 0. The quantitative estimate of drug-likeness (QED) is 0.590. The Morgan fingerprint density at radius 2 is 2.00 bits per heavy atom. The number of aliphatic hydroxyl groups is 1. The monoisotopic (exact) mass is 272 g/mol. The number of unbranched alkanes of at least 4 members (excludes halogenated alkanes) is 1. The molecule has 1 fully saturated rings. The second-order valence-electron chi connectivity index (χ2n) is 5.18. The summed E-state index contributed by atoms with van der Waals surface area (Å²) < 4.78 is 5.41. The average molecular weight is 272 g/mol. The molecule has 0 aromatic rings. The van der Waals surface area contributed by atoms with Crippen molar-refractivity contribution in [3.8, 4) is 0 Å². The Bertz CT molecular complexity index is 249. The average Bonchev–Trinajstić information content (AvgIpc) is 2.40. The maximum absolute atomic E-state index is 11.6. The van der Waals surface area contributed by atoms with Gasteiger partial charge in [-0.25, -0.2) is 4.79 Å². The van der Waals surface area contributed by atoms with Crippen LogP contribution in [0.3, 0.4) is 0 Å². The summed E-state index contributed by atoms with van der Waals surface area (Å²) in [5, 5.41) is 15.4. The van der Waals surface area contributed by atoms with Gasteiger partial charge in [0.05, 0.1) is 12.1 Å². The molecule has 1 aliphatic carbocycles. The second-order valence-corrected chi connectivity index (χ2v) is 5.18. The van der Waals surface area contributed by atoms with Crippen molar-refractivity contribution in [3.63, 3.8) is 0 Å². The summed E-state index contributed by atoms with van der Waals surface area (Å²) in [6, 6.07) is -0.269. The zero-order valence-electron chi connectivity index (χ0n) is 12.0. The predicted molar refractivity (Wildman–Crippen MR) is 75.1 cm³/mol. The third kappa shape index (κ3) is 7.38. The molecular weight excluding hydrogens is 244 g/mol. The first-order valence-corrected chi connectivity index (χ1v) is 7.54. The van der Waals surface area contributed by atoms with Crippen LogP contribution >= 0.6 is 0 Å². The van der Waals surface area contributed by atoms with Crippen molar-refractivity contribution in [2.24, 2.45) is 0 Å². The van der Waals surface area contributed by atoms with E-state index < -0.39 is 6.10 Å². The number of urea groups is 1. The van der Waals surface area contributed by atoms with Crippen molar-refractivity contribution in [2.75, 3.05) is 19.8 Å². The maximum Gasteiger partial charge on any atom is 0.315 e. The van der Waals surface area contributed by atoms with Gasteiger partial charge in [0.25, 0.3) is 0 Å². The minimum atomic E-state index is -0.392. The number of ether oxygens (including phenoxy) is 1. The van der Waals surface area contributed by atoms with Gasteiger partial charge in [-0.15, -0.1) is 0 Å². The molecule has 5 nitrogen and oxygen atoms in total. The highest BCUT2D eigenvalue weighted by Gasteiger charge is 2.24. The number of aliphatic hydroxyl groups excluding tert-OH is 1. The van der Waals surface area contributed by atoms with Gasteiger partial charge in [0.15, 0.2) is 0 Å². The highest BCUT2D eigenvalue weighted by atomic mass is 16.5. The SMILES string of the molecule is CCCCOCCCNC(=O)NC1CCCCC1O. The van der Waals surface area contributed by atoms with E-state index >= 15 is 0 Å². The summed E-state index contributed by atoms with van der Waals surface area (Å²) in [6.45, 7) is 4.24. The molecular formula is C14H28N2O3. The Kier molecular flexibility index (Phi) is 8.58. The Morgan fingerprint density at radius 3 is 2.74 bits per heavy atom. The van der Waals surface area contributed by atoms with Crippen molar-refractivity contribution >= 4 is 6.03 Å². The van der Waals surface area contributed by atoms with Gasteiger partial charge in [-0.05, 0) is 25.7 Å². The fraction of sp³-hybridized carbons (Fsp3) is 0.929. The standard InChI is InChI=1S/C14H28N2O3/c1-2-3-10-19-11-6-9-15-14(18)16-12-7-4-5-8-13(12)17/h12-13,17H,2-11H2,1H3,(H2,15,16,18). The van der Waals surface area contributed by atoms with Crippen LogP contribution in [0.15, 0.2) is 0 Å². The van der Waals surface area contributed by atoms with E-state index in [9.17, 15) is 9.90 Å². The molecule has 2 atom stereocenters. The highest BCUT2D eigenvalue weighted by Crippen LogP contribution is 2.17. The van der Waals surface area contributed by atoms with Crippen LogP contribution in [0.5, 0.6) is 0 Å². The summed E-state index contributed by atoms with van der Waals surface area (Å²) in [4.78, 5) is 11.6. The molecule has 2 amide bonds. The van der Waals surface area contributed by atoms with Crippen LogP contribution in [0.25, 0.3) is 0 Å². The second kappa shape index (κ2) is 10.0. The molecule has 0 aromatic heterocycles. The van der Waals surface area contributed by atoms with Crippen molar-refractivity contribution < 1.29 is 14.6 Å². The molecule has 5 heteroatoms. The Labute approximate surface area is 116 Å². The van der Waals surface area contributed by atoms with Gasteiger partial charge < -0.3 is 20.5 Å². The molecule has 1 aliphatic rings. The minimum Gasteiger partial charge on any atom is -0.391 e. The topological polar surface area (TPSA) is 70.6 Å². The Balaban J connectivity index is 1.98. The summed E-state index contributed by atoms with van der Waals surface area (Å²) >= 11 is 0. The molecule has 19 heavy (non-hydrogen) atoms. The van der Waals surface area contributed by atoms with Crippen LogP contribution < -0.4 is 10.6 Å². The Morgan fingerprint density at radius 1 is 1.26 bits per heavy atom. The third-order valence-corrected chi connectivity index (χ3v) is 3.44. The van der Waals surface area contributed by atoms with Gasteiger partial charge in [0.2, 0.25) is 0 Å². The number of rotatable bonds is 8. The van der Waals surface area contributed by atoms with E-state index in [1.807, 2.05) is 0 Å². The lowest BCUT2D eigenvalue weighted by Gasteiger charge is -2.28. The van der Waals surface area contributed by atoms with Gasteiger partial charge in [0, 0.05) is 19.8 Å². The van der Waals surface area contributed by atoms with Gasteiger partial charge >= 0.3 is 6.03 Å². The molecule has 112 valence electrons. The van der Waals surface area contributed by atoms with Crippen molar-refractivity contribution in [2.45, 2.75) is 64.0 Å². The zero-order valence-corrected chi connectivity index (χ0v) is 12.0. The molecule has 0 aliphatic heterocycles. The molecule has 3 N–H and O–H groups in total. The van der Waals surface area contributed by atoms with Gasteiger partial charge in [0.1, 0.15) is 0 Å². The first-order valence-electron chi connectivity index (χ1n) is 7.54. The number of hydrogen-bond donors (Lipinski definition) is 3. The predicted octanol–water partition coefficient (Wildman–Crippen LogP) is 1.80. The molecule has 0 spiro atoms.